The minimum Gasteiger partial charge on any atom is -0.369 e. The van der Waals surface area contributed by atoms with Gasteiger partial charge in [0, 0.05) is 12.1 Å². The van der Waals surface area contributed by atoms with Gasteiger partial charge in [-0.15, -0.1) is 12.4 Å². The molecule has 0 aliphatic heterocycles. The molecule has 0 bridgehead atoms. The van der Waals surface area contributed by atoms with Crippen LogP contribution in [-0.2, 0) is 6.54 Å². The van der Waals surface area contributed by atoms with Crippen LogP contribution in [0.15, 0.2) is 43.1 Å². The molecule has 1 aromatic carbocycles. The van der Waals surface area contributed by atoms with E-state index in [4.69, 9.17) is 0 Å². The van der Waals surface area contributed by atoms with Crippen LogP contribution in [0.2, 0.25) is 0 Å². The molecule has 2 heteroatoms. The number of rotatable bonds is 14. The summed E-state index contributed by atoms with van der Waals surface area (Å²) < 4.78 is 0. The Bertz CT molecular complexity index is 427. The Hall–Kier alpha value is -0.950. The molecule has 25 heavy (non-hydrogen) atoms. The minimum absolute atomic E-state index is 0. The zero-order valence-electron chi connectivity index (χ0n) is 16.8. The van der Waals surface area contributed by atoms with Gasteiger partial charge in [-0.25, -0.2) is 0 Å². The highest BCUT2D eigenvalue weighted by Gasteiger charge is 2.23. The molecule has 0 saturated carbocycles. The summed E-state index contributed by atoms with van der Waals surface area (Å²) in [6, 6.07) is 10.7. The normalized spacial score (nSPS) is 11.0. The van der Waals surface area contributed by atoms with Crippen LogP contribution in [0.25, 0.3) is 0 Å². The second kappa shape index (κ2) is 14.2. The van der Waals surface area contributed by atoms with Gasteiger partial charge in [0.1, 0.15) is 0 Å². The van der Waals surface area contributed by atoms with E-state index in [1.165, 1.54) is 69.8 Å². The van der Waals surface area contributed by atoms with Gasteiger partial charge in [-0.2, -0.15) is 0 Å². The van der Waals surface area contributed by atoms with Crippen LogP contribution in [0.4, 0.5) is 0 Å². The van der Waals surface area contributed by atoms with E-state index >= 15 is 0 Å². The average molecular weight is 366 g/mol. The first-order valence-electron chi connectivity index (χ1n) is 10.0. The molecule has 0 unspecified atom stereocenters. The topological polar surface area (TPSA) is 3.24 Å². The number of halogens is 1. The maximum Gasteiger partial charge on any atom is 0.0429 e. The summed E-state index contributed by atoms with van der Waals surface area (Å²) in [4.78, 5) is 2.40. The number of benzene rings is 1. The Morgan fingerprint density at radius 2 is 1.40 bits per heavy atom. The standard InChI is InChI=1S/C23H39N.ClH/c1-5-7-8-9-10-11-12-13-17-20-23(3,4)24(6-2)21-22-18-15-14-16-19-22;/h6,14-16,18-19H,2,5,7-13,17,20-21H2,1,3-4H3;1H. The van der Waals surface area contributed by atoms with Crippen molar-refractivity contribution in [2.45, 2.75) is 97.1 Å². The van der Waals surface area contributed by atoms with Crippen molar-refractivity contribution in [3.05, 3.63) is 48.7 Å². The molecule has 1 aromatic rings. The third kappa shape index (κ3) is 10.6. The molecule has 0 saturated heterocycles. The van der Waals surface area contributed by atoms with Crippen LogP contribution >= 0.6 is 12.4 Å². The van der Waals surface area contributed by atoms with Gasteiger partial charge < -0.3 is 4.90 Å². The maximum absolute atomic E-state index is 4.04. The lowest BCUT2D eigenvalue weighted by Gasteiger charge is -2.38. The molecule has 0 spiro atoms. The molecule has 0 radical (unpaired) electrons. The van der Waals surface area contributed by atoms with Crippen LogP contribution in [0, 0.1) is 0 Å². The number of nitrogens with zero attached hydrogens (tertiary/aromatic N) is 1. The zero-order chi connectivity index (χ0) is 17.7. The van der Waals surface area contributed by atoms with E-state index < -0.39 is 0 Å². The van der Waals surface area contributed by atoms with Crippen molar-refractivity contribution < 1.29 is 0 Å². The van der Waals surface area contributed by atoms with Crippen molar-refractivity contribution in [1.29, 1.82) is 0 Å². The summed E-state index contributed by atoms with van der Waals surface area (Å²) in [6.07, 6.45) is 15.8. The predicted molar refractivity (Wildman–Crippen MR) is 115 cm³/mol. The van der Waals surface area contributed by atoms with Crippen molar-refractivity contribution in [3.8, 4) is 0 Å². The molecule has 144 valence electrons. The molecular weight excluding hydrogens is 326 g/mol. The molecular formula is C23H40ClN. The van der Waals surface area contributed by atoms with Crippen LogP contribution in [0.3, 0.4) is 0 Å². The van der Waals surface area contributed by atoms with E-state index in [9.17, 15) is 0 Å². The van der Waals surface area contributed by atoms with Crippen molar-refractivity contribution >= 4 is 12.4 Å². The third-order valence-corrected chi connectivity index (χ3v) is 5.09. The smallest absolute Gasteiger partial charge is 0.0429 e. The lowest BCUT2D eigenvalue weighted by Crippen LogP contribution is -2.39. The molecule has 0 amide bonds. The molecule has 0 aromatic heterocycles. The van der Waals surface area contributed by atoms with E-state index in [1.54, 1.807) is 0 Å². The Labute approximate surface area is 163 Å². The van der Waals surface area contributed by atoms with E-state index in [0.29, 0.717) is 0 Å². The maximum atomic E-state index is 4.04. The molecule has 0 N–H and O–H groups in total. The predicted octanol–water partition coefficient (Wildman–Crippen LogP) is 7.75. The lowest BCUT2D eigenvalue weighted by atomic mass is 9.93. The van der Waals surface area contributed by atoms with Gasteiger partial charge in [-0.1, -0.05) is 102 Å². The van der Waals surface area contributed by atoms with Crippen molar-refractivity contribution in [3.63, 3.8) is 0 Å². The molecule has 0 heterocycles. The number of unbranched alkanes of at least 4 members (excludes halogenated alkanes) is 8. The van der Waals surface area contributed by atoms with Crippen LogP contribution in [0.5, 0.6) is 0 Å². The monoisotopic (exact) mass is 365 g/mol. The van der Waals surface area contributed by atoms with Gasteiger partial charge in [0.05, 0.1) is 0 Å². The largest absolute Gasteiger partial charge is 0.369 e. The number of hydrogen-bond donors (Lipinski definition) is 0. The third-order valence-electron chi connectivity index (χ3n) is 5.09. The van der Waals surface area contributed by atoms with Gasteiger partial charge in [0.15, 0.2) is 0 Å². The summed E-state index contributed by atoms with van der Waals surface area (Å²) in [5, 5.41) is 0. The first kappa shape index (κ1) is 24.1. The van der Waals surface area contributed by atoms with Crippen LogP contribution in [-0.4, -0.2) is 10.4 Å². The SMILES string of the molecule is C=CN(Cc1ccccc1)C(C)(C)CCCCCCCCCCC.Cl. The van der Waals surface area contributed by atoms with Gasteiger partial charge >= 0.3 is 0 Å². The van der Waals surface area contributed by atoms with Gasteiger partial charge in [0.25, 0.3) is 0 Å². The number of hydrogen-bond acceptors (Lipinski definition) is 1. The molecule has 1 nitrogen and oxygen atoms in total. The Kier molecular flexibility index (Phi) is 13.7. The highest BCUT2D eigenvalue weighted by Crippen LogP contribution is 2.25. The first-order chi connectivity index (χ1) is 11.6. The van der Waals surface area contributed by atoms with E-state index in [0.717, 1.165) is 6.54 Å². The molecule has 0 aliphatic carbocycles. The summed E-state index contributed by atoms with van der Waals surface area (Å²) >= 11 is 0. The highest BCUT2D eigenvalue weighted by atomic mass is 35.5. The summed E-state index contributed by atoms with van der Waals surface area (Å²) in [7, 11) is 0. The molecule has 1 rings (SSSR count). The van der Waals surface area contributed by atoms with E-state index in [2.05, 4.69) is 62.6 Å². The van der Waals surface area contributed by atoms with E-state index in [1.807, 2.05) is 6.20 Å². The summed E-state index contributed by atoms with van der Waals surface area (Å²) in [5.41, 5.74) is 1.54. The fourth-order valence-electron chi connectivity index (χ4n) is 3.32. The van der Waals surface area contributed by atoms with Crippen LogP contribution < -0.4 is 0 Å². The zero-order valence-corrected chi connectivity index (χ0v) is 17.6. The van der Waals surface area contributed by atoms with Gasteiger partial charge in [-0.3, -0.25) is 0 Å². The Morgan fingerprint density at radius 1 is 0.880 bits per heavy atom. The molecule has 0 atom stereocenters. The van der Waals surface area contributed by atoms with Crippen molar-refractivity contribution in [2.75, 3.05) is 0 Å². The Balaban J connectivity index is 0.00000576. The average Bonchev–Trinajstić information content (AvgIpc) is 2.59. The second-order valence-electron chi connectivity index (χ2n) is 7.69. The van der Waals surface area contributed by atoms with Gasteiger partial charge in [-0.05, 0) is 32.0 Å². The summed E-state index contributed by atoms with van der Waals surface area (Å²) in [6.45, 7) is 12.0. The Morgan fingerprint density at radius 3 is 1.92 bits per heavy atom. The van der Waals surface area contributed by atoms with Crippen molar-refractivity contribution in [1.82, 2.24) is 4.90 Å². The highest BCUT2D eigenvalue weighted by molar-refractivity contribution is 5.85. The molecule has 0 aliphatic rings. The van der Waals surface area contributed by atoms with E-state index in [-0.39, 0.29) is 17.9 Å². The van der Waals surface area contributed by atoms with Gasteiger partial charge in [0.2, 0.25) is 0 Å². The first-order valence-corrected chi connectivity index (χ1v) is 10.0. The second-order valence-corrected chi connectivity index (χ2v) is 7.69. The van der Waals surface area contributed by atoms with Crippen LogP contribution in [0.1, 0.15) is 90.5 Å². The summed E-state index contributed by atoms with van der Waals surface area (Å²) in [5.74, 6) is 0. The fraction of sp³-hybridized carbons (Fsp3) is 0.652. The quantitative estimate of drug-likeness (QED) is 0.304. The molecule has 0 fully saturated rings. The van der Waals surface area contributed by atoms with Crippen molar-refractivity contribution in [2.24, 2.45) is 0 Å². The minimum atomic E-state index is 0. The lowest BCUT2D eigenvalue weighted by molar-refractivity contribution is 0.160. The fourth-order valence-corrected chi connectivity index (χ4v) is 3.32.